The number of hydrogen-bond donors (Lipinski definition) is 1. The minimum atomic E-state index is -3.79. The Morgan fingerprint density at radius 2 is 1.49 bits per heavy atom. The van der Waals surface area contributed by atoms with Gasteiger partial charge < -0.3 is 10.1 Å². The quantitative estimate of drug-likeness (QED) is 0.314. The van der Waals surface area contributed by atoms with E-state index >= 15 is 0 Å². The predicted octanol–water partition coefficient (Wildman–Crippen LogP) is 7.01. The van der Waals surface area contributed by atoms with Crippen LogP contribution in [0.2, 0.25) is 15.1 Å². The third-order valence-electron chi connectivity index (χ3n) is 7.78. The molecule has 5 rings (SSSR count). The smallest absolute Gasteiger partial charge is 0.244 e. The zero-order valence-electron chi connectivity index (χ0n) is 22.0. The normalized spacial score (nSPS) is 23.5. The molecule has 0 amide bonds. The standard InChI is InChI=1S/C29H30Cl3N3O3S/c1-4-38-25-18-24(32)26(39(36,37)35-15-5-6-16-35)17-23(25)27-33-28(2,19-7-11-21(30)12-8-19)29(3,34-27)20-9-13-22(31)14-10-20/h7-14,17-18H,4-6,15-16H2,1-3H3,(H,33,34)/t28-,29-/m0/s1. The molecule has 206 valence electrons. The predicted molar refractivity (Wildman–Crippen MR) is 158 cm³/mol. The maximum absolute atomic E-state index is 13.6. The molecule has 0 unspecified atom stereocenters. The van der Waals surface area contributed by atoms with E-state index in [1.165, 1.54) is 4.31 Å². The van der Waals surface area contributed by atoms with E-state index in [9.17, 15) is 8.42 Å². The van der Waals surface area contributed by atoms with Crippen LogP contribution in [0.5, 0.6) is 5.75 Å². The molecule has 1 saturated heterocycles. The van der Waals surface area contributed by atoms with Gasteiger partial charge in [0.1, 0.15) is 22.0 Å². The average molecular weight is 607 g/mol. The Hall–Kier alpha value is -2.29. The largest absolute Gasteiger partial charge is 0.493 e. The van der Waals surface area contributed by atoms with Gasteiger partial charge in [0.2, 0.25) is 10.0 Å². The van der Waals surface area contributed by atoms with E-state index < -0.39 is 21.1 Å². The Kier molecular flexibility index (Phi) is 7.68. The Morgan fingerprint density at radius 1 is 0.923 bits per heavy atom. The van der Waals surface area contributed by atoms with Crippen molar-refractivity contribution in [3.63, 3.8) is 0 Å². The van der Waals surface area contributed by atoms with Gasteiger partial charge in [-0.05, 0) is 75.1 Å². The van der Waals surface area contributed by atoms with Gasteiger partial charge in [0, 0.05) is 29.2 Å². The zero-order valence-corrected chi connectivity index (χ0v) is 25.1. The van der Waals surface area contributed by atoms with Crippen LogP contribution in [0.15, 0.2) is 70.6 Å². The number of nitrogens with zero attached hydrogens (tertiary/aromatic N) is 2. The number of nitrogens with one attached hydrogen (secondary N) is 1. The number of halogens is 3. The van der Waals surface area contributed by atoms with Crippen LogP contribution in [0, 0.1) is 0 Å². The Morgan fingerprint density at radius 3 is 2.05 bits per heavy atom. The van der Waals surface area contributed by atoms with E-state index in [2.05, 4.69) is 12.2 Å². The summed E-state index contributed by atoms with van der Waals surface area (Å²) in [5.41, 5.74) is 0.871. The first-order chi connectivity index (χ1) is 18.5. The van der Waals surface area contributed by atoms with Crippen molar-refractivity contribution in [2.24, 2.45) is 4.99 Å². The SMILES string of the molecule is CCOc1cc(Cl)c(S(=O)(=O)N2CCCC2)cc1C1=N[C@@](C)(c2ccc(Cl)cc2)[C@](C)(c2ccc(Cl)cc2)N1. The number of amidine groups is 1. The number of aliphatic imine (C=N–C) groups is 1. The lowest BCUT2D eigenvalue weighted by Crippen LogP contribution is -2.50. The van der Waals surface area contributed by atoms with E-state index in [0.717, 1.165) is 24.0 Å². The van der Waals surface area contributed by atoms with Crippen molar-refractivity contribution in [2.45, 2.75) is 49.6 Å². The van der Waals surface area contributed by atoms with Crippen molar-refractivity contribution in [3.8, 4) is 5.75 Å². The van der Waals surface area contributed by atoms with E-state index in [1.54, 1.807) is 12.1 Å². The lowest BCUT2D eigenvalue weighted by molar-refractivity contribution is 0.268. The first-order valence-electron chi connectivity index (χ1n) is 12.9. The third-order valence-corrected chi connectivity index (χ3v) is 10.6. The molecular weight excluding hydrogens is 577 g/mol. The molecule has 0 radical (unpaired) electrons. The van der Waals surface area contributed by atoms with Gasteiger partial charge in [-0.3, -0.25) is 4.99 Å². The molecule has 3 aromatic carbocycles. The second-order valence-corrected chi connectivity index (χ2v) is 13.3. The van der Waals surface area contributed by atoms with Gasteiger partial charge >= 0.3 is 0 Å². The molecule has 2 heterocycles. The van der Waals surface area contributed by atoms with E-state index in [0.29, 0.717) is 46.9 Å². The second-order valence-electron chi connectivity index (χ2n) is 10.1. The molecule has 2 aliphatic rings. The summed E-state index contributed by atoms with van der Waals surface area (Å²) >= 11 is 19.0. The molecule has 2 atom stereocenters. The van der Waals surface area contributed by atoms with Crippen LogP contribution in [0.1, 0.15) is 50.3 Å². The van der Waals surface area contributed by atoms with E-state index in [-0.39, 0.29) is 9.92 Å². The molecule has 1 fully saturated rings. The van der Waals surface area contributed by atoms with Gasteiger partial charge in [-0.1, -0.05) is 59.1 Å². The Bertz CT molecular complexity index is 1520. The fraction of sp³-hybridized carbons (Fsp3) is 0.345. The number of rotatable bonds is 7. The van der Waals surface area contributed by atoms with Crippen molar-refractivity contribution in [3.05, 3.63) is 92.4 Å². The molecule has 0 aliphatic carbocycles. The highest BCUT2D eigenvalue weighted by Gasteiger charge is 2.52. The summed E-state index contributed by atoms with van der Waals surface area (Å²) in [7, 11) is -3.79. The van der Waals surface area contributed by atoms with Crippen molar-refractivity contribution in [2.75, 3.05) is 19.7 Å². The summed E-state index contributed by atoms with van der Waals surface area (Å²) in [6.07, 6.45) is 1.65. The molecule has 3 aromatic rings. The highest BCUT2D eigenvalue weighted by atomic mass is 35.5. The van der Waals surface area contributed by atoms with E-state index in [4.69, 9.17) is 44.5 Å². The summed E-state index contributed by atoms with van der Waals surface area (Å²) in [5.74, 6) is 0.954. The Balaban J connectivity index is 1.70. The van der Waals surface area contributed by atoms with Gasteiger partial charge in [-0.15, -0.1) is 0 Å². The fourth-order valence-corrected chi connectivity index (χ4v) is 7.66. The lowest BCUT2D eigenvalue weighted by Gasteiger charge is -2.40. The minimum Gasteiger partial charge on any atom is -0.493 e. The highest BCUT2D eigenvalue weighted by molar-refractivity contribution is 7.89. The van der Waals surface area contributed by atoms with E-state index in [1.807, 2.05) is 62.4 Å². The minimum absolute atomic E-state index is 0.0438. The summed E-state index contributed by atoms with van der Waals surface area (Å²) in [6, 6.07) is 18.4. The highest BCUT2D eigenvalue weighted by Crippen LogP contribution is 2.48. The maximum atomic E-state index is 13.6. The topological polar surface area (TPSA) is 71.0 Å². The Labute approximate surface area is 245 Å². The maximum Gasteiger partial charge on any atom is 0.244 e. The van der Waals surface area contributed by atoms with Gasteiger partial charge in [-0.25, -0.2) is 8.42 Å². The van der Waals surface area contributed by atoms with Gasteiger partial charge in [0.25, 0.3) is 0 Å². The van der Waals surface area contributed by atoms with Crippen LogP contribution >= 0.6 is 34.8 Å². The molecule has 0 bridgehead atoms. The monoisotopic (exact) mass is 605 g/mol. The fourth-order valence-electron chi connectivity index (χ4n) is 5.37. The number of hydrogen-bond acceptors (Lipinski definition) is 5. The van der Waals surface area contributed by atoms with Crippen LogP contribution in [-0.2, 0) is 21.1 Å². The third kappa shape index (κ3) is 4.93. The molecule has 39 heavy (non-hydrogen) atoms. The molecule has 10 heteroatoms. The van der Waals surface area contributed by atoms with Crippen LogP contribution in [0.4, 0.5) is 0 Å². The van der Waals surface area contributed by atoms with Crippen LogP contribution < -0.4 is 10.1 Å². The molecule has 0 aromatic heterocycles. The number of ether oxygens (including phenoxy) is 1. The van der Waals surface area contributed by atoms with Crippen molar-refractivity contribution >= 4 is 50.7 Å². The van der Waals surface area contributed by atoms with Crippen molar-refractivity contribution in [1.29, 1.82) is 0 Å². The van der Waals surface area contributed by atoms with Crippen molar-refractivity contribution < 1.29 is 13.2 Å². The number of benzene rings is 3. The number of sulfonamides is 1. The van der Waals surface area contributed by atoms with Crippen LogP contribution in [0.25, 0.3) is 0 Å². The summed E-state index contributed by atoms with van der Waals surface area (Å²) in [5, 5.41) is 5.00. The molecular formula is C29H30Cl3N3O3S. The molecule has 0 spiro atoms. The van der Waals surface area contributed by atoms with Crippen LogP contribution in [-0.4, -0.2) is 38.3 Å². The average Bonchev–Trinajstić information content (AvgIpc) is 3.53. The second kappa shape index (κ2) is 10.6. The first kappa shape index (κ1) is 28.2. The van der Waals surface area contributed by atoms with Gasteiger partial charge in [-0.2, -0.15) is 4.31 Å². The summed E-state index contributed by atoms with van der Waals surface area (Å²) < 4.78 is 34.6. The molecule has 1 N–H and O–H groups in total. The molecule has 2 aliphatic heterocycles. The van der Waals surface area contributed by atoms with Gasteiger partial charge in [0.15, 0.2) is 0 Å². The lowest BCUT2D eigenvalue weighted by atomic mass is 9.72. The molecule has 0 saturated carbocycles. The summed E-state index contributed by atoms with van der Waals surface area (Å²) in [4.78, 5) is 5.28. The molecule has 6 nitrogen and oxygen atoms in total. The summed E-state index contributed by atoms with van der Waals surface area (Å²) in [6.45, 7) is 7.31. The first-order valence-corrected chi connectivity index (χ1v) is 15.4. The van der Waals surface area contributed by atoms with Crippen molar-refractivity contribution in [1.82, 2.24) is 9.62 Å². The zero-order chi connectivity index (χ0) is 28.0. The van der Waals surface area contributed by atoms with Crippen LogP contribution in [0.3, 0.4) is 0 Å². The van der Waals surface area contributed by atoms with Gasteiger partial charge in [0.05, 0.1) is 22.7 Å².